The molecule has 1 amide bonds. The highest BCUT2D eigenvalue weighted by molar-refractivity contribution is 5.95. The number of nitrogens with zero attached hydrogens (tertiary/aromatic N) is 6. The molecule has 174 valence electrons. The van der Waals surface area contributed by atoms with Crippen molar-refractivity contribution in [2.24, 2.45) is 7.05 Å². The number of benzene rings is 2. The van der Waals surface area contributed by atoms with E-state index in [1.165, 1.54) is 0 Å². The molecule has 4 aromatic rings. The van der Waals surface area contributed by atoms with Crippen LogP contribution in [-0.2, 0) is 7.05 Å². The van der Waals surface area contributed by atoms with Gasteiger partial charge in [0.25, 0.3) is 5.91 Å². The summed E-state index contributed by atoms with van der Waals surface area (Å²) in [5, 5.41) is 3.40. The van der Waals surface area contributed by atoms with E-state index in [0.29, 0.717) is 28.6 Å². The van der Waals surface area contributed by atoms with Gasteiger partial charge in [0, 0.05) is 58.4 Å². The van der Waals surface area contributed by atoms with Gasteiger partial charge in [-0.3, -0.25) is 4.79 Å². The van der Waals surface area contributed by atoms with Crippen LogP contribution >= 0.6 is 0 Å². The third kappa shape index (κ3) is 3.84. The molecule has 1 fully saturated rings. The number of hydrogen-bond donors (Lipinski definition) is 2. The Balaban J connectivity index is 1.60. The summed E-state index contributed by atoms with van der Waals surface area (Å²) in [6.07, 6.45) is 1.63. The van der Waals surface area contributed by atoms with E-state index in [2.05, 4.69) is 21.3 Å². The molecule has 1 aliphatic rings. The van der Waals surface area contributed by atoms with E-state index in [1.807, 2.05) is 41.9 Å². The van der Waals surface area contributed by atoms with Gasteiger partial charge in [-0.25, -0.2) is 15.0 Å². The maximum Gasteiger partial charge on any atom is 0.253 e. The second-order valence-corrected chi connectivity index (χ2v) is 8.65. The van der Waals surface area contributed by atoms with Crippen LogP contribution in [0.2, 0.25) is 0 Å². The highest BCUT2D eigenvalue weighted by atomic mass is 16.2. The first-order valence-corrected chi connectivity index (χ1v) is 11.3. The zero-order valence-corrected chi connectivity index (χ0v) is 19.6. The minimum Gasteiger partial charge on any atom is -0.382 e. The Labute approximate surface area is 198 Å². The predicted octanol–water partition coefficient (Wildman–Crippen LogP) is 2.39. The van der Waals surface area contributed by atoms with Crippen LogP contribution in [0.3, 0.4) is 0 Å². The topological polar surface area (TPSA) is 105 Å². The van der Waals surface area contributed by atoms with E-state index < -0.39 is 0 Å². The van der Waals surface area contributed by atoms with Crippen LogP contribution in [-0.4, -0.2) is 70.6 Å². The van der Waals surface area contributed by atoms with Crippen LogP contribution in [0.5, 0.6) is 0 Å². The first kappa shape index (κ1) is 21.8. The SMILES string of the molecule is CN(C)C(=O)c1cccc(-c2cnc(N)c(-c3nc4cccc(N5CCNCC5)c4n3C)n2)c1. The molecule has 0 aliphatic carbocycles. The molecule has 5 rings (SSSR count). The summed E-state index contributed by atoms with van der Waals surface area (Å²) in [4.78, 5) is 30.5. The first-order valence-electron chi connectivity index (χ1n) is 11.3. The number of nitrogen functional groups attached to an aromatic ring is 1. The molecule has 0 bridgehead atoms. The van der Waals surface area contributed by atoms with E-state index in [-0.39, 0.29) is 5.91 Å². The standard InChI is InChI=1S/C25H28N8O/c1-31(2)25(34)17-7-4-6-16(14-17)19-15-28-23(26)21(29-19)24-30-18-8-5-9-20(22(18)32(24)3)33-12-10-27-11-13-33/h4-9,14-15,27H,10-13H2,1-3H3,(H2,26,28). The predicted molar refractivity (Wildman–Crippen MR) is 135 cm³/mol. The van der Waals surface area contributed by atoms with Gasteiger partial charge < -0.3 is 25.4 Å². The largest absolute Gasteiger partial charge is 0.382 e. The molecule has 9 nitrogen and oxygen atoms in total. The molecule has 3 heterocycles. The molecule has 3 N–H and O–H groups in total. The third-order valence-corrected chi connectivity index (χ3v) is 6.15. The summed E-state index contributed by atoms with van der Waals surface area (Å²) in [5.41, 5.74) is 11.9. The summed E-state index contributed by atoms with van der Waals surface area (Å²) in [6, 6.07) is 13.6. The van der Waals surface area contributed by atoms with Crippen molar-refractivity contribution in [3.8, 4) is 22.8 Å². The Hall–Kier alpha value is -3.98. The molecule has 2 aromatic heterocycles. The van der Waals surface area contributed by atoms with Gasteiger partial charge >= 0.3 is 0 Å². The van der Waals surface area contributed by atoms with Crippen LogP contribution in [0.4, 0.5) is 11.5 Å². The van der Waals surface area contributed by atoms with Crippen molar-refractivity contribution in [1.29, 1.82) is 0 Å². The maximum atomic E-state index is 12.4. The second kappa shape index (κ2) is 8.75. The average Bonchev–Trinajstić information content (AvgIpc) is 3.20. The number of nitrogens with two attached hydrogens (primary N) is 1. The molecule has 9 heteroatoms. The van der Waals surface area contributed by atoms with Gasteiger partial charge in [-0.2, -0.15) is 0 Å². The van der Waals surface area contributed by atoms with Crippen LogP contribution in [0.1, 0.15) is 10.4 Å². The van der Waals surface area contributed by atoms with Crippen molar-refractivity contribution < 1.29 is 4.79 Å². The molecule has 1 aliphatic heterocycles. The van der Waals surface area contributed by atoms with E-state index in [0.717, 1.165) is 48.5 Å². The summed E-state index contributed by atoms with van der Waals surface area (Å²) in [6.45, 7) is 3.80. The Morgan fingerprint density at radius 1 is 1.09 bits per heavy atom. The number of rotatable bonds is 4. The van der Waals surface area contributed by atoms with E-state index in [9.17, 15) is 4.79 Å². The average molecular weight is 457 g/mol. The lowest BCUT2D eigenvalue weighted by Crippen LogP contribution is -2.43. The van der Waals surface area contributed by atoms with Crippen molar-refractivity contribution in [1.82, 2.24) is 29.7 Å². The monoisotopic (exact) mass is 456 g/mol. The highest BCUT2D eigenvalue weighted by Crippen LogP contribution is 2.33. The fourth-order valence-electron chi connectivity index (χ4n) is 4.39. The fraction of sp³-hybridized carbons (Fsp3) is 0.280. The Kier molecular flexibility index (Phi) is 5.62. The number of aryl methyl sites for hydroxylation is 1. The van der Waals surface area contributed by atoms with Gasteiger partial charge in [-0.15, -0.1) is 0 Å². The van der Waals surface area contributed by atoms with Crippen molar-refractivity contribution in [2.45, 2.75) is 0 Å². The van der Waals surface area contributed by atoms with Crippen molar-refractivity contribution in [2.75, 3.05) is 50.9 Å². The number of imidazole rings is 1. The zero-order chi connectivity index (χ0) is 23.8. The lowest BCUT2D eigenvalue weighted by Gasteiger charge is -2.30. The van der Waals surface area contributed by atoms with E-state index in [1.54, 1.807) is 31.3 Å². The minimum atomic E-state index is -0.0683. The van der Waals surface area contributed by atoms with Crippen molar-refractivity contribution >= 4 is 28.4 Å². The maximum absolute atomic E-state index is 12.4. The van der Waals surface area contributed by atoms with Gasteiger partial charge in [0.1, 0.15) is 5.69 Å². The zero-order valence-electron chi connectivity index (χ0n) is 19.6. The number of nitrogens with one attached hydrogen (secondary N) is 1. The van der Waals surface area contributed by atoms with Crippen LogP contribution in [0.15, 0.2) is 48.7 Å². The summed E-state index contributed by atoms with van der Waals surface area (Å²) < 4.78 is 2.04. The Morgan fingerprint density at radius 2 is 1.85 bits per heavy atom. The lowest BCUT2D eigenvalue weighted by atomic mass is 10.1. The van der Waals surface area contributed by atoms with Gasteiger partial charge in [-0.1, -0.05) is 18.2 Å². The number of para-hydroxylation sites is 1. The molecule has 0 atom stereocenters. The van der Waals surface area contributed by atoms with E-state index in [4.69, 9.17) is 15.7 Å². The molecule has 1 saturated heterocycles. The van der Waals surface area contributed by atoms with E-state index >= 15 is 0 Å². The summed E-state index contributed by atoms with van der Waals surface area (Å²) >= 11 is 0. The molecular weight excluding hydrogens is 428 g/mol. The van der Waals surface area contributed by atoms with Gasteiger partial charge in [-0.05, 0) is 24.3 Å². The molecule has 0 radical (unpaired) electrons. The second-order valence-electron chi connectivity index (χ2n) is 8.65. The number of amides is 1. The third-order valence-electron chi connectivity index (χ3n) is 6.15. The molecule has 0 saturated carbocycles. The number of aromatic nitrogens is 4. The van der Waals surface area contributed by atoms with Gasteiger partial charge in [0.2, 0.25) is 0 Å². The summed E-state index contributed by atoms with van der Waals surface area (Å²) in [5.74, 6) is 0.901. The highest BCUT2D eigenvalue weighted by Gasteiger charge is 2.21. The van der Waals surface area contributed by atoms with Crippen molar-refractivity contribution in [3.63, 3.8) is 0 Å². The number of hydrogen-bond acceptors (Lipinski definition) is 7. The number of piperazine rings is 1. The molecule has 0 spiro atoms. The summed E-state index contributed by atoms with van der Waals surface area (Å²) in [7, 11) is 5.45. The van der Waals surface area contributed by atoms with Gasteiger partial charge in [0.05, 0.1) is 28.6 Å². The molecule has 2 aromatic carbocycles. The molecule has 0 unspecified atom stereocenters. The van der Waals surface area contributed by atoms with Crippen molar-refractivity contribution in [3.05, 3.63) is 54.2 Å². The number of carbonyl (C=O) groups excluding carboxylic acids is 1. The van der Waals surface area contributed by atoms with Gasteiger partial charge in [0.15, 0.2) is 11.6 Å². The Morgan fingerprint density at radius 3 is 2.62 bits per heavy atom. The quantitative estimate of drug-likeness (QED) is 0.486. The number of fused-ring (bicyclic) bond motifs is 1. The fourth-order valence-corrected chi connectivity index (χ4v) is 4.39. The number of carbonyl (C=O) groups is 1. The van der Waals surface area contributed by atoms with Crippen LogP contribution in [0, 0.1) is 0 Å². The minimum absolute atomic E-state index is 0.0683. The smallest absolute Gasteiger partial charge is 0.253 e. The van der Waals surface area contributed by atoms with Crippen LogP contribution in [0.25, 0.3) is 33.8 Å². The lowest BCUT2D eigenvalue weighted by molar-refractivity contribution is 0.0827. The van der Waals surface area contributed by atoms with Crippen LogP contribution < -0.4 is 16.0 Å². The molecular formula is C25H28N8O. The number of anilines is 2. The normalized spacial score (nSPS) is 13.9. The molecule has 34 heavy (non-hydrogen) atoms. The first-order chi connectivity index (χ1) is 16.4. The Bertz CT molecular complexity index is 1370.